The van der Waals surface area contributed by atoms with E-state index < -0.39 is 0 Å². The minimum absolute atomic E-state index is 0.294. The molecular weight excluding hydrogens is 477 g/mol. The molecule has 1 fully saturated rings. The van der Waals surface area contributed by atoms with Gasteiger partial charge in [-0.3, -0.25) is 4.90 Å². The lowest BCUT2D eigenvalue weighted by atomic mass is 10.2. The van der Waals surface area contributed by atoms with Gasteiger partial charge in [0.1, 0.15) is 18.2 Å². The van der Waals surface area contributed by atoms with Gasteiger partial charge in [0.05, 0.1) is 11.6 Å². The third kappa shape index (κ3) is 5.86. The van der Waals surface area contributed by atoms with Crippen molar-refractivity contribution in [1.82, 2.24) is 14.9 Å². The number of nitrogens with one attached hydrogen (secondary N) is 2. The van der Waals surface area contributed by atoms with E-state index in [1.165, 1.54) is 25.0 Å². The summed E-state index contributed by atoms with van der Waals surface area (Å²) in [4.78, 5) is 11.3. The number of likely N-dealkylation sites (tertiary alicyclic amines) is 1. The number of nitrogens with zero attached hydrogens (tertiary/aromatic N) is 3. The minimum Gasteiger partial charge on any atom is -0.493 e. The normalized spacial score (nSPS) is 13.7. The lowest BCUT2D eigenvalue weighted by Gasteiger charge is -2.17. The van der Waals surface area contributed by atoms with Gasteiger partial charge in [-0.05, 0) is 78.3 Å². The van der Waals surface area contributed by atoms with Crippen LogP contribution in [0.1, 0.15) is 12.8 Å². The quantitative estimate of drug-likeness (QED) is 0.409. The van der Waals surface area contributed by atoms with E-state index in [1.54, 1.807) is 25.4 Å². The van der Waals surface area contributed by atoms with Crippen molar-refractivity contribution >= 4 is 39.1 Å². The highest BCUT2D eigenvalue weighted by Gasteiger charge is 2.13. The maximum absolute atomic E-state index is 13.2. The predicted molar refractivity (Wildman–Crippen MR) is 127 cm³/mol. The summed E-state index contributed by atoms with van der Waals surface area (Å²) < 4.78 is 25.3. The predicted octanol–water partition coefficient (Wildman–Crippen LogP) is 5.35. The van der Waals surface area contributed by atoms with Crippen molar-refractivity contribution in [2.24, 2.45) is 0 Å². The molecule has 0 spiro atoms. The van der Waals surface area contributed by atoms with Crippen LogP contribution in [0.15, 0.2) is 53.1 Å². The molecule has 3 aromatic rings. The Morgan fingerprint density at radius 3 is 2.53 bits per heavy atom. The first-order chi connectivity index (χ1) is 15.6. The molecule has 0 saturated carbocycles. The van der Waals surface area contributed by atoms with Gasteiger partial charge in [-0.1, -0.05) is 0 Å². The van der Waals surface area contributed by atoms with Gasteiger partial charge in [0.15, 0.2) is 11.5 Å². The van der Waals surface area contributed by atoms with Crippen molar-refractivity contribution in [3.05, 3.63) is 59.0 Å². The molecule has 2 N–H and O–H groups in total. The third-order valence-corrected chi connectivity index (χ3v) is 5.71. The Labute approximate surface area is 195 Å². The molecule has 0 amide bonds. The van der Waals surface area contributed by atoms with Gasteiger partial charge in [0, 0.05) is 30.2 Å². The van der Waals surface area contributed by atoms with E-state index in [1.807, 2.05) is 18.2 Å². The average molecular weight is 502 g/mol. The van der Waals surface area contributed by atoms with Gasteiger partial charge in [-0.15, -0.1) is 0 Å². The van der Waals surface area contributed by atoms with Gasteiger partial charge in [-0.2, -0.15) is 4.98 Å². The van der Waals surface area contributed by atoms with Crippen LogP contribution >= 0.6 is 15.9 Å². The van der Waals surface area contributed by atoms with Crippen molar-refractivity contribution in [2.45, 2.75) is 12.8 Å². The average Bonchev–Trinajstić information content (AvgIpc) is 3.31. The summed E-state index contributed by atoms with van der Waals surface area (Å²) in [6.07, 6.45) is 4.17. The van der Waals surface area contributed by atoms with Crippen LogP contribution in [0.4, 0.5) is 27.5 Å². The topological polar surface area (TPSA) is 71.5 Å². The maximum atomic E-state index is 13.2. The fourth-order valence-corrected chi connectivity index (χ4v) is 3.76. The van der Waals surface area contributed by atoms with Gasteiger partial charge < -0.3 is 20.1 Å². The molecule has 2 heterocycles. The molecular formula is C23H25BrFN5O2. The summed E-state index contributed by atoms with van der Waals surface area (Å²) in [7, 11) is 1.63. The van der Waals surface area contributed by atoms with Crippen LogP contribution in [0.2, 0.25) is 0 Å². The molecule has 1 saturated heterocycles. The number of rotatable bonds is 9. The number of benzene rings is 2. The zero-order valence-electron chi connectivity index (χ0n) is 17.8. The summed E-state index contributed by atoms with van der Waals surface area (Å²) in [5.74, 6) is 2.01. The molecule has 1 aromatic heterocycles. The Kier molecular flexibility index (Phi) is 7.39. The summed E-state index contributed by atoms with van der Waals surface area (Å²) in [5, 5.41) is 6.36. The lowest BCUT2D eigenvalue weighted by Crippen LogP contribution is -2.25. The zero-order chi connectivity index (χ0) is 22.3. The summed E-state index contributed by atoms with van der Waals surface area (Å²) >= 11 is 3.44. The molecule has 0 radical (unpaired) electrons. The van der Waals surface area contributed by atoms with Crippen LogP contribution in [0.5, 0.6) is 11.5 Å². The molecule has 168 valence electrons. The molecule has 9 heteroatoms. The minimum atomic E-state index is -0.294. The Balaban J connectivity index is 1.45. The number of anilines is 4. The smallest absolute Gasteiger partial charge is 0.229 e. The molecule has 32 heavy (non-hydrogen) atoms. The van der Waals surface area contributed by atoms with Crippen LogP contribution in [0.3, 0.4) is 0 Å². The number of ether oxygens (including phenoxy) is 2. The molecule has 0 unspecified atom stereocenters. The van der Waals surface area contributed by atoms with Crippen molar-refractivity contribution in [2.75, 3.05) is 44.0 Å². The second-order valence-corrected chi connectivity index (χ2v) is 8.26. The lowest BCUT2D eigenvalue weighted by molar-refractivity contribution is 0.230. The van der Waals surface area contributed by atoms with E-state index in [4.69, 9.17) is 9.47 Å². The van der Waals surface area contributed by atoms with Gasteiger partial charge in [0.25, 0.3) is 0 Å². The van der Waals surface area contributed by atoms with E-state index in [0.717, 1.165) is 31.0 Å². The van der Waals surface area contributed by atoms with Gasteiger partial charge >= 0.3 is 0 Å². The standard InChI is InChI=1S/C23H25BrFN5O2/c1-31-20-9-8-18(14-21(20)32-13-12-30-10-2-3-11-30)28-23-26-15-19(24)22(29-23)27-17-6-4-16(25)5-7-17/h4-9,14-15H,2-3,10-13H2,1H3,(H2,26,27,28,29). The largest absolute Gasteiger partial charge is 0.493 e. The fourth-order valence-electron chi connectivity index (χ4n) is 3.47. The number of methoxy groups -OCH3 is 1. The van der Waals surface area contributed by atoms with Crippen molar-refractivity contribution in [3.63, 3.8) is 0 Å². The Hall–Kier alpha value is -2.91. The summed E-state index contributed by atoms with van der Waals surface area (Å²) in [6, 6.07) is 11.7. The second kappa shape index (κ2) is 10.6. The zero-order valence-corrected chi connectivity index (χ0v) is 19.4. The maximum Gasteiger partial charge on any atom is 0.229 e. The first-order valence-electron chi connectivity index (χ1n) is 10.5. The van der Waals surface area contributed by atoms with E-state index in [-0.39, 0.29) is 5.82 Å². The Bertz CT molecular complexity index is 1050. The van der Waals surface area contributed by atoms with Crippen molar-refractivity contribution in [3.8, 4) is 11.5 Å². The summed E-state index contributed by atoms with van der Waals surface area (Å²) in [5.41, 5.74) is 1.49. The first-order valence-corrected chi connectivity index (χ1v) is 11.3. The highest BCUT2D eigenvalue weighted by atomic mass is 79.9. The molecule has 1 aliphatic rings. The molecule has 4 rings (SSSR count). The molecule has 1 aliphatic heterocycles. The van der Waals surface area contributed by atoms with Crippen molar-refractivity contribution < 1.29 is 13.9 Å². The molecule has 0 bridgehead atoms. The Morgan fingerprint density at radius 1 is 1.03 bits per heavy atom. The summed E-state index contributed by atoms with van der Waals surface area (Å²) in [6.45, 7) is 3.77. The van der Waals surface area contributed by atoms with E-state index in [0.29, 0.717) is 34.3 Å². The van der Waals surface area contributed by atoms with E-state index in [9.17, 15) is 4.39 Å². The van der Waals surface area contributed by atoms with Crippen LogP contribution < -0.4 is 20.1 Å². The highest BCUT2D eigenvalue weighted by molar-refractivity contribution is 9.10. The van der Waals surface area contributed by atoms with E-state index >= 15 is 0 Å². The van der Waals surface area contributed by atoms with Crippen molar-refractivity contribution in [1.29, 1.82) is 0 Å². The van der Waals surface area contributed by atoms with Crippen LogP contribution in [-0.4, -0.2) is 48.2 Å². The van der Waals surface area contributed by atoms with E-state index in [2.05, 4.69) is 41.4 Å². The molecule has 0 atom stereocenters. The number of halogens is 2. The number of aromatic nitrogens is 2. The fraction of sp³-hybridized carbons (Fsp3) is 0.304. The monoisotopic (exact) mass is 501 g/mol. The van der Waals surface area contributed by atoms with Gasteiger partial charge in [0.2, 0.25) is 5.95 Å². The third-order valence-electron chi connectivity index (χ3n) is 5.13. The van der Waals surface area contributed by atoms with Crippen LogP contribution in [0, 0.1) is 5.82 Å². The van der Waals surface area contributed by atoms with Crippen LogP contribution in [-0.2, 0) is 0 Å². The van der Waals surface area contributed by atoms with Crippen LogP contribution in [0.25, 0.3) is 0 Å². The number of hydrogen-bond acceptors (Lipinski definition) is 7. The number of hydrogen-bond donors (Lipinski definition) is 2. The van der Waals surface area contributed by atoms with Gasteiger partial charge in [-0.25, -0.2) is 9.37 Å². The SMILES string of the molecule is COc1ccc(Nc2ncc(Br)c(Nc3ccc(F)cc3)n2)cc1OCCN1CCCC1. The molecule has 2 aromatic carbocycles. The first kappa shape index (κ1) is 22.3. The molecule has 7 nitrogen and oxygen atoms in total. The Morgan fingerprint density at radius 2 is 1.78 bits per heavy atom. The highest BCUT2D eigenvalue weighted by Crippen LogP contribution is 2.32. The second-order valence-electron chi connectivity index (χ2n) is 7.41. The molecule has 0 aliphatic carbocycles.